The van der Waals surface area contributed by atoms with Crippen LogP contribution in [-0.2, 0) is 11.3 Å². The van der Waals surface area contributed by atoms with Crippen LogP contribution in [0.5, 0.6) is 0 Å². The lowest BCUT2D eigenvalue weighted by atomic mass is 10.1. The van der Waals surface area contributed by atoms with E-state index < -0.39 is 6.09 Å². The van der Waals surface area contributed by atoms with Crippen molar-refractivity contribution in [3.8, 4) is 0 Å². The number of morpholine rings is 2. The average Bonchev–Trinajstić information content (AvgIpc) is 2.38. The Morgan fingerprint density at radius 3 is 2.30 bits per heavy atom. The molecule has 2 atom stereocenters. The molecule has 110 valence electrons. The number of hydrogen-bond acceptors (Lipinski definition) is 4. The van der Waals surface area contributed by atoms with Crippen LogP contribution < -0.4 is 5.11 Å². The molecule has 2 bridgehead atoms. The van der Waals surface area contributed by atoms with Gasteiger partial charge in [-0.3, -0.25) is 4.90 Å². The van der Waals surface area contributed by atoms with Crippen LogP contribution >= 0.6 is 12.4 Å². The Labute approximate surface area is 124 Å². The number of amides is 1. The van der Waals surface area contributed by atoms with Gasteiger partial charge in [0.15, 0.2) is 0 Å². The normalized spacial score (nSPS) is 25.9. The number of carboxylic acid groups (broad SMARTS) is 1. The summed E-state index contributed by atoms with van der Waals surface area (Å²) < 4.78 is 5.80. The second-order valence-electron chi connectivity index (χ2n) is 5.23. The van der Waals surface area contributed by atoms with Crippen molar-refractivity contribution in [2.45, 2.75) is 18.8 Å². The van der Waals surface area contributed by atoms with Crippen molar-refractivity contribution in [1.82, 2.24) is 9.80 Å². The molecule has 2 saturated heterocycles. The maximum Gasteiger partial charge on any atom is 0.137 e. The van der Waals surface area contributed by atoms with Gasteiger partial charge in [0.05, 0.1) is 12.2 Å². The van der Waals surface area contributed by atoms with Crippen LogP contribution in [0.15, 0.2) is 30.3 Å². The predicted octanol–water partition coefficient (Wildman–Crippen LogP) is 0.337. The molecule has 0 aliphatic carbocycles. The molecule has 6 heteroatoms. The van der Waals surface area contributed by atoms with Crippen LogP contribution in [0.25, 0.3) is 0 Å². The van der Waals surface area contributed by atoms with Gasteiger partial charge >= 0.3 is 0 Å². The van der Waals surface area contributed by atoms with E-state index in [0.29, 0.717) is 13.1 Å². The van der Waals surface area contributed by atoms with Crippen molar-refractivity contribution < 1.29 is 14.6 Å². The molecular formula is C14H18ClN2O3-. The number of benzene rings is 1. The van der Waals surface area contributed by atoms with E-state index in [1.54, 1.807) is 0 Å². The van der Waals surface area contributed by atoms with Gasteiger partial charge in [0.2, 0.25) is 0 Å². The van der Waals surface area contributed by atoms with Crippen LogP contribution in [0.4, 0.5) is 4.79 Å². The average molecular weight is 298 g/mol. The van der Waals surface area contributed by atoms with Crippen molar-refractivity contribution in [1.29, 1.82) is 0 Å². The summed E-state index contributed by atoms with van der Waals surface area (Å²) in [5, 5.41) is 10.9. The van der Waals surface area contributed by atoms with Gasteiger partial charge < -0.3 is 19.5 Å². The molecule has 1 aromatic rings. The van der Waals surface area contributed by atoms with Crippen molar-refractivity contribution in [3.05, 3.63) is 35.9 Å². The lowest BCUT2D eigenvalue weighted by Gasteiger charge is -2.46. The smallest absolute Gasteiger partial charge is 0.137 e. The fourth-order valence-electron chi connectivity index (χ4n) is 2.90. The number of ether oxygens (including phenoxy) is 1. The lowest BCUT2D eigenvalue weighted by Crippen LogP contribution is -2.62. The van der Waals surface area contributed by atoms with Crippen LogP contribution in [0.2, 0.25) is 0 Å². The Balaban J connectivity index is 0.00000147. The number of hydrogen-bond donors (Lipinski definition) is 0. The first-order chi connectivity index (χ1) is 9.20. The fraction of sp³-hybridized carbons (Fsp3) is 0.500. The zero-order valence-electron chi connectivity index (χ0n) is 11.1. The van der Waals surface area contributed by atoms with Crippen molar-refractivity contribution in [2.24, 2.45) is 0 Å². The zero-order chi connectivity index (χ0) is 13.2. The second-order valence-corrected chi connectivity index (χ2v) is 5.23. The molecule has 2 heterocycles. The molecule has 2 aliphatic rings. The zero-order valence-corrected chi connectivity index (χ0v) is 11.9. The van der Waals surface area contributed by atoms with Crippen LogP contribution in [0, 0.1) is 0 Å². The Kier molecular flexibility index (Phi) is 4.86. The third-order valence-corrected chi connectivity index (χ3v) is 3.66. The summed E-state index contributed by atoms with van der Waals surface area (Å²) in [5.41, 5.74) is 1.28. The minimum absolute atomic E-state index is 0. The van der Waals surface area contributed by atoms with Crippen LogP contribution in [0.1, 0.15) is 5.56 Å². The summed E-state index contributed by atoms with van der Waals surface area (Å²) in [4.78, 5) is 14.6. The van der Waals surface area contributed by atoms with E-state index in [-0.39, 0.29) is 24.6 Å². The van der Waals surface area contributed by atoms with Crippen molar-refractivity contribution in [3.63, 3.8) is 0 Å². The number of carbonyl (C=O) groups excluding carboxylic acids is 1. The highest BCUT2D eigenvalue weighted by Crippen LogP contribution is 2.20. The summed E-state index contributed by atoms with van der Waals surface area (Å²) in [6, 6.07) is 10.3. The first-order valence-electron chi connectivity index (χ1n) is 6.58. The molecule has 1 amide bonds. The maximum atomic E-state index is 10.9. The molecular weight excluding hydrogens is 280 g/mol. The number of nitrogens with zero attached hydrogens (tertiary/aromatic N) is 2. The van der Waals surface area contributed by atoms with Crippen LogP contribution in [-0.4, -0.2) is 54.3 Å². The summed E-state index contributed by atoms with van der Waals surface area (Å²) in [5.74, 6) is 0. The van der Waals surface area contributed by atoms with E-state index in [2.05, 4.69) is 17.0 Å². The number of carbonyl (C=O) groups is 1. The summed E-state index contributed by atoms with van der Waals surface area (Å²) >= 11 is 0. The molecule has 0 spiro atoms. The highest BCUT2D eigenvalue weighted by molar-refractivity contribution is 5.85. The van der Waals surface area contributed by atoms with Gasteiger partial charge in [0.1, 0.15) is 6.09 Å². The largest absolute Gasteiger partial charge is 0.530 e. The van der Waals surface area contributed by atoms with E-state index >= 15 is 0 Å². The first kappa shape index (κ1) is 15.1. The highest BCUT2D eigenvalue weighted by atomic mass is 35.5. The Bertz CT molecular complexity index is 443. The van der Waals surface area contributed by atoms with E-state index in [0.717, 1.165) is 19.6 Å². The van der Waals surface area contributed by atoms with E-state index in [9.17, 15) is 9.90 Å². The number of halogens is 1. The van der Waals surface area contributed by atoms with E-state index in [4.69, 9.17) is 4.74 Å². The first-order valence-corrected chi connectivity index (χ1v) is 6.58. The molecule has 2 unspecified atom stereocenters. The van der Waals surface area contributed by atoms with Gasteiger partial charge in [0, 0.05) is 32.7 Å². The third-order valence-electron chi connectivity index (χ3n) is 3.66. The molecule has 0 saturated carbocycles. The van der Waals surface area contributed by atoms with E-state index in [1.807, 2.05) is 18.2 Å². The Hall–Kier alpha value is -1.30. The molecule has 1 aromatic carbocycles. The fourth-order valence-corrected chi connectivity index (χ4v) is 2.90. The quantitative estimate of drug-likeness (QED) is 0.790. The van der Waals surface area contributed by atoms with E-state index in [1.165, 1.54) is 10.5 Å². The molecule has 2 aliphatic heterocycles. The highest BCUT2D eigenvalue weighted by Gasteiger charge is 2.34. The van der Waals surface area contributed by atoms with Gasteiger partial charge in [-0.15, -0.1) is 12.4 Å². The minimum atomic E-state index is -1.09. The molecule has 0 radical (unpaired) electrons. The molecule has 0 aromatic heterocycles. The summed E-state index contributed by atoms with van der Waals surface area (Å²) in [6.07, 6.45) is -1.15. The number of rotatable bonds is 2. The standard InChI is InChI=1S/C14H18N2O3.ClH/c17-14(18)16-9-12-7-15(8-13(10-16)19-12)6-11-4-2-1-3-5-11;/h1-5,12-13H,6-10H2,(H,17,18);1H/p-1. The van der Waals surface area contributed by atoms with Crippen molar-refractivity contribution in [2.75, 3.05) is 26.2 Å². The third kappa shape index (κ3) is 3.42. The monoisotopic (exact) mass is 297 g/mol. The number of fused-ring (bicyclic) bond motifs is 2. The molecule has 2 fully saturated rings. The molecule has 20 heavy (non-hydrogen) atoms. The molecule has 5 nitrogen and oxygen atoms in total. The van der Waals surface area contributed by atoms with Gasteiger partial charge in [0.25, 0.3) is 0 Å². The van der Waals surface area contributed by atoms with Gasteiger partial charge in [-0.2, -0.15) is 0 Å². The topological polar surface area (TPSA) is 55.8 Å². The Morgan fingerprint density at radius 2 is 1.75 bits per heavy atom. The van der Waals surface area contributed by atoms with Gasteiger partial charge in [-0.25, -0.2) is 0 Å². The van der Waals surface area contributed by atoms with Gasteiger partial charge in [-0.05, 0) is 5.56 Å². The second kappa shape index (κ2) is 6.43. The predicted molar refractivity (Wildman–Crippen MR) is 74.6 cm³/mol. The van der Waals surface area contributed by atoms with Crippen LogP contribution in [0.3, 0.4) is 0 Å². The molecule has 3 rings (SSSR count). The van der Waals surface area contributed by atoms with Gasteiger partial charge in [-0.1, -0.05) is 30.3 Å². The summed E-state index contributed by atoms with van der Waals surface area (Å²) in [6.45, 7) is 3.28. The minimum Gasteiger partial charge on any atom is -0.530 e. The Morgan fingerprint density at radius 1 is 1.15 bits per heavy atom. The molecule has 0 N–H and O–H groups in total. The summed E-state index contributed by atoms with van der Waals surface area (Å²) in [7, 11) is 0. The lowest BCUT2D eigenvalue weighted by molar-refractivity contribution is -0.274. The maximum absolute atomic E-state index is 10.9. The van der Waals surface area contributed by atoms with Crippen molar-refractivity contribution >= 4 is 18.5 Å². The SMILES string of the molecule is Cl.O=C([O-])N1CC2CN(Cc3ccccc3)CC(C1)O2.